The lowest BCUT2D eigenvalue weighted by atomic mass is 10.4. The molecule has 20 heavy (non-hydrogen) atoms. The average Bonchev–Trinajstić information content (AvgIpc) is 3.26. The molecular formula is C14H15N3O2S. The molecule has 1 fully saturated rings. The normalized spacial score (nSPS) is 14.8. The third-order valence-corrected chi connectivity index (χ3v) is 4.40. The van der Waals surface area contributed by atoms with E-state index < -0.39 is 10.0 Å². The minimum atomic E-state index is -3.55. The molecule has 0 amide bonds. The quantitative estimate of drug-likeness (QED) is 0.887. The Kier molecular flexibility index (Phi) is 3.31. The number of anilines is 2. The van der Waals surface area contributed by atoms with Crippen LogP contribution < -0.4 is 10.0 Å². The summed E-state index contributed by atoms with van der Waals surface area (Å²) in [5, 5.41) is 3.25. The second-order valence-electron chi connectivity index (χ2n) is 4.77. The van der Waals surface area contributed by atoms with Crippen LogP contribution in [0.15, 0.2) is 53.6 Å². The predicted octanol–water partition coefficient (Wildman–Crippen LogP) is 2.46. The van der Waals surface area contributed by atoms with Gasteiger partial charge in [-0.15, -0.1) is 0 Å². The molecule has 3 rings (SSSR count). The fourth-order valence-corrected chi connectivity index (χ4v) is 2.85. The maximum atomic E-state index is 12.1. The van der Waals surface area contributed by atoms with Crippen molar-refractivity contribution in [3.63, 3.8) is 0 Å². The molecule has 0 bridgehead atoms. The molecule has 104 valence electrons. The van der Waals surface area contributed by atoms with Crippen LogP contribution in [0.25, 0.3) is 0 Å². The summed E-state index contributed by atoms with van der Waals surface area (Å²) in [5.41, 5.74) is 0.454. The third-order valence-electron chi connectivity index (χ3n) is 3.00. The zero-order valence-electron chi connectivity index (χ0n) is 10.8. The second kappa shape index (κ2) is 5.13. The Morgan fingerprint density at radius 3 is 2.40 bits per heavy atom. The highest BCUT2D eigenvalue weighted by atomic mass is 32.2. The van der Waals surface area contributed by atoms with E-state index in [-0.39, 0.29) is 4.90 Å². The zero-order chi connectivity index (χ0) is 14.0. The molecule has 5 nitrogen and oxygen atoms in total. The summed E-state index contributed by atoms with van der Waals surface area (Å²) < 4.78 is 26.8. The van der Waals surface area contributed by atoms with Gasteiger partial charge in [-0.05, 0) is 37.1 Å². The molecule has 2 aromatic rings. The van der Waals surface area contributed by atoms with Crippen LogP contribution in [0.2, 0.25) is 0 Å². The second-order valence-corrected chi connectivity index (χ2v) is 6.45. The maximum Gasteiger partial charge on any atom is 0.261 e. The van der Waals surface area contributed by atoms with Crippen LogP contribution in [-0.4, -0.2) is 19.4 Å². The summed E-state index contributed by atoms with van der Waals surface area (Å²) >= 11 is 0. The van der Waals surface area contributed by atoms with E-state index in [1.54, 1.807) is 42.5 Å². The van der Waals surface area contributed by atoms with Crippen molar-refractivity contribution >= 4 is 21.5 Å². The van der Waals surface area contributed by atoms with Gasteiger partial charge in [0.25, 0.3) is 10.0 Å². The summed E-state index contributed by atoms with van der Waals surface area (Å²) in [6, 6.07) is 12.3. The van der Waals surface area contributed by atoms with Crippen LogP contribution in [0.3, 0.4) is 0 Å². The van der Waals surface area contributed by atoms with E-state index in [9.17, 15) is 8.42 Å². The molecule has 2 N–H and O–H groups in total. The van der Waals surface area contributed by atoms with Crippen molar-refractivity contribution in [2.24, 2.45) is 0 Å². The number of sulfonamides is 1. The van der Waals surface area contributed by atoms with Crippen molar-refractivity contribution in [2.45, 2.75) is 23.8 Å². The lowest BCUT2D eigenvalue weighted by molar-refractivity contribution is 0.601. The van der Waals surface area contributed by atoms with Crippen LogP contribution in [0.1, 0.15) is 12.8 Å². The van der Waals surface area contributed by atoms with Crippen LogP contribution >= 0.6 is 0 Å². The van der Waals surface area contributed by atoms with E-state index in [0.717, 1.165) is 5.82 Å². The SMILES string of the molecule is O=S(=O)(Nc1ccc(NC2CC2)nc1)c1ccccc1. The van der Waals surface area contributed by atoms with Gasteiger partial charge in [-0.1, -0.05) is 18.2 Å². The van der Waals surface area contributed by atoms with E-state index in [2.05, 4.69) is 15.0 Å². The molecule has 1 aromatic carbocycles. The average molecular weight is 289 g/mol. The summed E-state index contributed by atoms with van der Waals surface area (Å²) in [7, 11) is -3.55. The highest BCUT2D eigenvalue weighted by molar-refractivity contribution is 7.92. The molecule has 1 aromatic heterocycles. The topological polar surface area (TPSA) is 71.1 Å². The number of hydrogen-bond donors (Lipinski definition) is 2. The molecule has 0 aliphatic heterocycles. The highest BCUT2D eigenvalue weighted by Crippen LogP contribution is 2.24. The molecule has 0 spiro atoms. The molecule has 0 saturated heterocycles. The Balaban J connectivity index is 1.73. The maximum absolute atomic E-state index is 12.1. The van der Waals surface area contributed by atoms with Gasteiger partial charge in [0.15, 0.2) is 0 Å². The molecule has 0 atom stereocenters. The Labute approximate surface area is 118 Å². The fourth-order valence-electron chi connectivity index (χ4n) is 1.79. The minimum Gasteiger partial charge on any atom is -0.367 e. The monoisotopic (exact) mass is 289 g/mol. The standard InChI is InChI=1S/C14H15N3O2S/c18-20(19,13-4-2-1-3-5-13)17-12-8-9-14(15-10-12)16-11-6-7-11/h1-5,8-11,17H,6-7H2,(H,15,16). The van der Waals surface area contributed by atoms with Gasteiger partial charge in [0.2, 0.25) is 0 Å². The Hall–Kier alpha value is -2.08. The molecule has 1 heterocycles. The molecule has 6 heteroatoms. The van der Waals surface area contributed by atoms with E-state index in [0.29, 0.717) is 11.7 Å². The van der Waals surface area contributed by atoms with Gasteiger partial charge in [-0.3, -0.25) is 4.72 Å². The third kappa shape index (κ3) is 3.08. The van der Waals surface area contributed by atoms with Crippen LogP contribution in [0, 0.1) is 0 Å². The fraction of sp³-hybridized carbons (Fsp3) is 0.214. The molecule has 1 saturated carbocycles. The number of pyridine rings is 1. The first-order chi connectivity index (χ1) is 9.63. The van der Waals surface area contributed by atoms with Crippen molar-refractivity contribution in [1.29, 1.82) is 0 Å². The minimum absolute atomic E-state index is 0.236. The van der Waals surface area contributed by atoms with Crippen molar-refractivity contribution in [3.8, 4) is 0 Å². The summed E-state index contributed by atoms with van der Waals surface area (Å²) in [6.07, 6.45) is 3.86. The lowest BCUT2D eigenvalue weighted by Crippen LogP contribution is -2.13. The van der Waals surface area contributed by atoms with Gasteiger partial charge in [0, 0.05) is 6.04 Å². The van der Waals surface area contributed by atoms with Gasteiger partial charge >= 0.3 is 0 Å². The van der Waals surface area contributed by atoms with Crippen LogP contribution in [-0.2, 0) is 10.0 Å². The summed E-state index contributed by atoms with van der Waals surface area (Å²) in [6.45, 7) is 0. The van der Waals surface area contributed by atoms with E-state index >= 15 is 0 Å². The van der Waals surface area contributed by atoms with Crippen molar-refractivity contribution in [1.82, 2.24) is 4.98 Å². The Morgan fingerprint density at radius 1 is 1.05 bits per heavy atom. The first-order valence-electron chi connectivity index (χ1n) is 6.44. The van der Waals surface area contributed by atoms with Crippen molar-refractivity contribution in [2.75, 3.05) is 10.0 Å². The number of nitrogens with zero attached hydrogens (tertiary/aromatic N) is 1. The van der Waals surface area contributed by atoms with Gasteiger partial charge < -0.3 is 5.32 Å². The molecule has 0 unspecified atom stereocenters. The predicted molar refractivity (Wildman–Crippen MR) is 78.1 cm³/mol. The Morgan fingerprint density at radius 2 is 1.80 bits per heavy atom. The summed E-state index contributed by atoms with van der Waals surface area (Å²) in [4.78, 5) is 4.43. The van der Waals surface area contributed by atoms with Gasteiger partial charge in [-0.25, -0.2) is 13.4 Å². The number of benzene rings is 1. The van der Waals surface area contributed by atoms with Crippen LogP contribution in [0.5, 0.6) is 0 Å². The smallest absolute Gasteiger partial charge is 0.261 e. The van der Waals surface area contributed by atoms with Crippen LogP contribution in [0.4, 0.5) is 11.5 Å². The van der Waals surface area contributed by atoms with Crippen molar-refractivity contribution < 1.29 is 8.42 Å². The first kappa shape index (κ1) is 12.9. The highest BCUT2D eigenvalue weighted by Gasteiger charge is 2.21. The number of hydrogen-bond acceptors (Lipinski definition) is 4. The molecule has 1 aliphatic rings. The largest absolute Gasteiger partial charge is 0.367 e. The lowest BCUT2D eigenvalue weighted by Gasteiger charge is -2.08. The zero-order valence-corrected chi connectivity index (χ0v) is 11.6. The molecule has 1 aliphatic carbocycles. The van der Waals surface area contributed by atoms with Crippen molar-refractivity contribution in [3.05, 3.63) is 48.7 Å². The number of nitrogens with one attached hydrogen (secondary N) is 2. The molecular weight excluding hydrogens is 274 g/mol. The van der Waals surface area contributed by atoms with Gasteiger partial charge in [0.1, 0.15) is 5.82 Å². The van der Waals surface area contributed by atoms with E-state index in [4.69, 9.17) is 0 Å². The van der Waals surface area contributed by atoms with E-state index in [1.807, 2.05) is 0 Å². The van der Waals surface area contributed by atoms with Gasteiger partial charge in [0.05, 0.1) is 16.8 Å². The number of aromatic nitrogens is 1. The first-order valence-corrected chi connectivity index (χ1v) is 7.92. The van der Waals surface area contributed by atoms with Gasteiger partial charge in [-0.2, -0.15) is 0 Å². The Bertz CT molecular complexity index is 680. The molecule has 0 radical (unpaired) electrons. The van der Waals surface area contributed by atoms with E-state index in [1.165, 1.54) is 19.0 Å². The summed E-state index contributed by atoms with van der Waals surface area (Å²) in [5.74, 6) is 0.773. The number of rotatable bonds is 5.